The van der Waals surface area contributed by atoms with E-state index in [0.717, 1.165) is 19.3 Å². The molecule has 0 atom stereocenters. The summed E-state index contributed by atoms with van der Waals surface area (Å²) < 4.78 is 5.17. The molecule has 5 heteroatoms. The summed E-state index contributed by atoms with van der Waals surface area (Å²) in [6.45, 7) is 4.15. The predicted octanol–water partition coefficient (Wildman–Crippen LogP) is 2.93. The molecule has 0 radical (unpaired) electrons. The van der Waals surface area contributed by atoms with E-state index in [-0.39, 0.29) is 18.4 Å². The molecule has 0 saturated heterocycles. The third kappa shape index (κ3) is 4.98. The average Bonchev–Trinajstić information content (AvgIpc) is 3.06. The standard InChI is InChI=1S/C18H26N2O3/c1-18(2,17(22)20-13-15-9-6-12-23-15)16(21)19-11-10-14-7-4-3-5-8-14/h6-7,9,12H,3-5,8,10-11,13H2,1-2H3,(H,19,21)(H,20,22). The van der Waals surface area contributed by atoms with E-state index in [2.05, 4.69) is 16.7 Å². The molecule has 2 rings (SSSR count). The molecule has 1 heterocycles. The Balaban J connectivity index is 1.76. The van der Waals surface area contributed by atoms with Gasteiger partial charge in [-0.15, -0.1) is 0 Å². The Morgan fingerprint density at radius 1 is 1.22 bits per heavy atom. The highest BCUT2D eigenvalue weighted by Crippen LogP contribution is 2.20. The SMILES string of the molecule is CC(C)(C(=O)NCCC1=CCCCC1)C(=O)NCc1ccco1. The van der Waals surface area contributed by atoms with E-state index in [1.165, 1.54) is 18.4 Å². The summed E-state index contributed by atoms with van der Waals surface area (Å²) in [7, 11) is 0. The highest BCUT2D eigenvalue weighted by molar-refractivity contribution is 6.04. The Labute approximate surface area is 137 Å². The van der Waals surface area contributed by atoms with E-state index in [9.17, 15) is 9.59 Å². The topological polar surface area (TPSA) is 71.3 Å². The van der Waals surface area contributed by atoms with Gasteiger partial charge in [-0.1, -0.05) is 11.6 Å². The third-order valence-corrected chi connectivity index (χ3v) is 4.26. The predicted molar refractivity (Wildman–Crippen MR) is 88.5 cm³/mol. The average molecular weight is 318 g/mol. The molecule has 5 nitrogen and oxygen atoms in total. The number of rotatable bonds is 7. The van der Waals surface area contributed by atoms with E-state index in [0.29, 0.717) is 12.3 Å². The van der Waals surface area contributed by atoms with E-state index in [4.69, 9.17) is 4.42 Å². The van der Waals surface area contributed by atoms with Gasteiger partial charge in [-0.05, 0) is 58.1 Å². The largest absolute Gasteiger partial charge is 0.467 e. The smallest absolute Gasteiger partial charge is 0.235 e. The van der Waals surface area contributed by atoms with E-state index in [1.807, 2.05) is 0 Å². The van der Waals surface area contributed by atoms with Crippen LogP contribution in [0.3, 0.4) is 0 Å². The fourth-order valence-corrected chi connectivity index (χ4v) is 2.59. The van der Waals surface area contributed by atoms with Crippen LogP contribution in [-0.4, -0.2) is 18.4 Å². The number of hydrogen-bond acceptors (Lipinski definition) is 3. The number of nitrogens with one attached hydrogen (secondary N) is 2. The second-order valence-electron chi connectivity index (χ2n) is 6.50. The van der Waals surface area contributed by atoms with Crippen LogP contribution in [0.25, 0.3) is 0 Å². The van der Waals surface area contributed by atoms with Gasteiger partial charge in [0.1, 0.15) is 11.2 Å². The van der Waals surface area contributed by atoms with E-state index >= 15 is 0 Å². The maximum Gasteiger partial charge on any atom is 0.235 e. The number of furan rings is 1. The number of hydrogen-bond donors (Lipinski definition) is 2. The van der Waals surface area contributed by atoms with Gasteiger partial charge >= 0.3 is 0 Å². The second kappa shape index (κ2) is 7.99. The van der Waals surface area contributed by atoms with Crippen LogP contribution in [0.1, 0.15) is 51.7 Å². The highest BCUT2D eigenvalue weighted by Gasteiger charge is 2.35. The van der Waals surface area contributed by atoms with Crippen LogP contribution in [0.5, 0.6) is 0 Å². The molecule has 23 heavy (non-hydrogen) atoms. The molecule has 0 spiro atoms. The quantitative estimate of drug-likeness (QED) is 0.600. The first-order valence-corrected chi connectivity index (χ1v) is 8.27. The zero-order chi connectivity index (χ0) is 16.7. The number of carbonyl (C=O) groups is 2. The van der Waals surface area contributed by atoms with Crippen LogP contribution in [0, 0.1) is 5.41 Å². The summed E-state index contributed by atoms with van der Waals surface area (Å²) in [6, 6.07) is 3.55. The Morgan fingerprint density at radius 2 is 2.00 bits per heavy atom. The first-order chi connectivity index (χ1) is 11.0. The number of carbonyl (C=O) groups excluding carboxylic acids is 2. The van der Waals surface area contributed by atoms with Crippen molar-refractivity contribution in [3.8, 4) is 0 Å². The van der Waals surface area contributed by atoms with Gasteiger partial charge in [0.15, 0.2) is 0 Å². The second-order valence-corrected chi connectivity index (χ2v) is 6.50. The zero-order valence-corrected chi connectivity index (χ0v) is 14.0. The molecule has 2 amide bonds. The van der Waals surface area contributed by atoms with Crippen LogP contribution in [0.15, 0.2) is 34.5 Å². The summed E-state index contributed by atoms with van der Waals surface area (Å²) in [5, 5.41) is 5.62. The lowest BCUT2D eigenvalue weighted by molar-refractivity contribution is -0.141. The fraction of sp³-hybridized carbons (Fsp3) is 0.556. The minimum Gasteiger partial charge on any atom is -0.467 e. The monoisotopic (exact) mass is 318 g/mol. The molecular weight excluding hydrogens is 292 g/mol. The van der Waals surface area contributed by atoms with E-state index in [1.54, 1.807) is 32.2 Å². The van der Waals surface area contributed by atoms with Gasteiger partial charge in [-0.3, -0.25) is 9.59 Å². The van der Waals surface area contributed by atoms with Gasteiger partial charge in [0.05, 0.1) is 12.8 Å². The molecule has 0 fully saturated rings. The van der Waals surface area contributed by atoms with Gasteiger partial charge in [-0.2, -0.15) is 0 Å². The van der Waals surface area contributed by atoms with Crippen molar-refractivity contribution in [1.29, 1.82) is 0 Å². The molecule has 0 aromatic carbocycles. The Bertz CT molecular complexity index is 559. The lowest BCUT2D eigenvalue weighted by Gasteiger charge is -2.23. The van der Waals surface area contributed by atoms with Crippen molar-refractivity contribution in [2.45, 2.75) is 52.5 Å². The Kier molecular flexibility index (Phi) is 6.02. The summed E-state index contributed by atoms with van der Waals surface area (Å²) in [5.74, 6) is 0.118. The van der Waals surface area contributed by atoms with Crippen LogP contribution in [0.4, 0.5) is 0 Å². The van der Waals surface area contributed by atoms with E-state index < -0.39 is 5.41 Å². The minimum atomic E-state index is -1.10. The van der Waals surface area contributed by atoms with Crippen LogP contribution < -0.4 is 10.6 Å². The van der Waals surface area contributed by atoms with Gasteiger partial charge in [-0.25, -0.2) is 0 Å². The Hall–Kier alpha value is -2.04. The highest BCUT2D eigenvalue weighted by atomic mass is 16.3. The molecule has 1 aromatic rings. The van der Waals surface area contributed by atoms with Gasteiger partial charge in [0.25, 0.3) is 0 Å². The van der Waals surface area contributed by atoms with Crippen LogP contribution in [0.2, 0.25) is 0 Å². The fourth-order valence-electron chi connectivity index (χ4n) is 2.59. The van der Waals surface area contributed by atoms with Crippen molar-refractivity contribution < 1.29 is 14.0 Å². The molecule has 0 aliphatic heterocycles. The van der Waals surface area contributed by atoms with Crippen molar-refractivity contribution in [3.05, 3.63) is 35.8 Å². The van der Waals surface area contributed by atoms with Crippen LogP contribution in [-0.2, 0) is 16.1 Å². The molecule has 1 aliphatic carbocycles. The third-order valence-electron chi connectivity index (χ3n) is 4.26. The molecule has 126 valence electrons. The van der Waals surface area contributed by atoms with Crippen LogP contribution >= 0.6 is 0 Å². The van der Waals surface area contributed by atoms with Crippen molar-refractivity contribution in [2.75, 3.05) is 6.54 Å². The van der Waals surface area contributed by atoms with Gasteiger partial charge in [0, 0.05) is 6.54 Å². The van der Waals surface area contributed by atoms with Gasteiger partial charge in [0.2, 0.25) is 11.8 Å². The molecule has 0 bridgehead atoms. The van der Waals surface area contributed by atoms with Crippen molar-refractivity contribution in [1.82, 2.24) is 10.6 Å². The normalized spacial score (nSPS) is 15.0. The number of amides is 2. The summed E-state index contributed by atoms with van der Waals surface area (Å²) in [4.78, 5) is 24.5. The van der Waals surface area contributed by atoms with Crippen molar-refractivity contribution >= 4 is 11.8 Å². The molecule has 0 saturated carbocycles. The van der Waals surface area contributed by atoms with Gasteiger partial charge < -0.3 is 15.1 Å². The lowest BCUT2D eigenvalue weighted by Crippen LogP contribution is -2.47. The van der Waals surface area contributed by atoms with Crippen molar-refractivity contribution in [3.63, 3.8) is 0 Å². The summed E-state index contributed by atoms with van der Waals surface area (Å²) in [5.41, 5.74) is 0.310. The molecule has 1 aliphatic rings. The van der Waals surface area contributed by atoms with Crippen molar-refractivity contribution in [2.24, 2.45) is 5.41 Å². The lowest BCUT2D eigenvalue weighted by atomic mass is 9.90. The summed E-state index contributed by atoms with van der Waals surface area (Å²) in [6.07, 6.45) is 9.47. The molecular formula is C18H26N2O3. The first kappa shape index (κ1) is 17.3. The number of allylic oxidation sites excluding steroid dienone is 1. The molecule has 0 unspecified atom stereocenters. The Morgan fingerprint density at radius 3 is 2.65 bits per heavy atom. The molecule has 2 N–H and O–H groups in total. The molecule has 1 aromatic heterocycles. The zero-order valence-electron chi connectivity index (χ0n) is 14.0. The first-order valence-electron chi connectivity index (χ1n) is 8.27. The maximum absolute atomic E-state index is 12.3. The maximum atomic E-state index is 12.3. The summed E-state index contributed by atoms with van der Waals surface area (Å²) >= 11 is 0. The minimum absolute atomic E-state index is 0.245.